The fourth-order valence-electron chi connectivity index (χ4n) is 5.19. The van der Waals surface area contributed by atoms with E-state index in [2.05, 4.69) is 48.2 Å². The van der Waals surface area contributed by atoms with Crippen molar-refractivity contribution in [3.05, 3.63) is 55.1 Å². The Hall–Kier alpha value is -3.99. The number of nitrogens with one attached hydrogen (secondary N) is 3. The number of carbonyl (C=O) groups excluding carboxylic acids is 5. The molecule has 3 unspecified atom stereocenters. The van der Waals surface area contributed by atoms with Crippen molar-refractivity contribution in [1.29, 1.82) is 0 Å². The molecule has 1 heterocycles. The molecule has 0 aromatic heterocycles. The van der Waals surface area contributed by atoms with Gasteiger partial charge in [-0.3, -0.25) is 24.0 Å². The highest BCUT2D eigenvalue weighted by Gasteiger charge is 2.34. The first-order chi connectivity index (χ1) is 23.2. The molecule has 11 nitrogen and oxygen atoms in total. The largest absolute Gasteiger partial charge is 0.493 e. The van der Waals surface area contributed by atoms with Gasteiger partial charge in [0, 0.05) is 26.6 Å². The molecule has 3 atom stereocenters. The predicted molar refractivity (Wildman–Crippen MR) is 188 cm³/mol. The first-order valence-corrected chi connectivity index (χ1v) is 17.3. The number of rotatable bonds is 17. The number of ether oxygens (including phenoxy) is 2. The molecule has 3 rings (SSSR count). The zero-order chi connectivity index (χ0) is 35.6. The fourth-order valence-corrected chi connectivity index (χ4v) is 5.19. The summed E-state index contributed by atoms with van der Waals surface area (Å²) in [7, 11) is 1.72. The molecular formula is C37H58N4O7. The first kappa shape index (κ1) is 42.0. The van der Waals surface area contributed by atoms with Crippen LogP contribution in [0.4, 0.5) is 0 Å². The molecule has 1 saturated heterocycles. The van der Waals surface area contributed by atoms with Crippen LogP contribution in [0.15, 0.2) is 49.6 Å². The highest BCUT2D eigenvalue weighted by molar-refractivity contribution is 6.38. The summed E-state index contributed by atoms with van der Waals surface area (Å²) >= 11 is 0. The second-order valence-electron chi connectivity index (χ2n) is 11.9. The number of aryl methyl sites for hydroxylation is 1. The van der Waals surface area contributed by atoms with E-state index in [1.165, 1.54) is 61.1 Å². The van der Waals surface area contributed by atoms with Gasteiger partial charge >= 0.3 is 0 Å². The number of hydrogen-bond donors (Lipinski definition) is 3. The van der Waals surface area contributed by atoms with Gasteiger partial charge in [0.25, 0.3) is 5.91 Å². The molecule has 48 heavy (non-hydrogen) atoms. The van der Waals surface area contributed by atoms with E-state index in [1.54, 1.807) is 7.11 Å². The summed E-state index contributed by atoms with van der Waals surface area (Å²) in [6.45, 7) is 12.2. The van der Waals surface area contributed by atoms with Gasteiger partial charge in [0.15, 0.2) is 0 Å². The standard InChI is InChI=1S/C18H26N4O5.C13H20O2.C6H12/c1-3-7-13(16(25)18(27)20-9-4-2)21-17(26)14-8-5-6-10-22(14)15(24)11-19-12-23;1-4-12-6-5-7-13(10-12)15-9-8-11(2)14-3;1-2-4-6-5-3-1/h3-4,12-14H,1-2,5-11H2,(H,19,23)(H,20,27)(H,21,26);5-7,10-11H,4,8-9H2,1-3H3;1-6H2. The smallest absolute Gasteiger partial charge is 0.289 e. The molecule has 4 amide bonds. The van der Waals surface area contributed by atoms with Crippen LogP contribution >= 0.6 is 0 Å². The molecular weight excluding hydrogens is 612 g/mol. The Labute approximate surface area is 287 Å². The van der Waals surface area contributed by atoms with Crippen LogP contribution in [0.1, 0.15) is 90.0 Å². The summed E-state index contributed by atoms with van der Waals surface area (Å²) in [6.07, 6.45) is 16.5. The van der Waals surface area contributed by atoms with E-state index in [0.717, 1.165) is 31.4 Å². The lowest BCUT2D eigenvalue weighted by atomic mass is 10.00. The van der Waals surface area contributed by atoms with Gasteiger partial charge in [-0.15, -0.1) is 13.2 Å². The van der Waals surface area contributed by atoms with Gasteiger partial charge in [0.1, 0.15) is 17.8 Å². The summed E-state index contributed by atoms with van der Waals surface area (Å²) in [5, 5.41) is 7.22. The van der Waals surface area contributed by atoms with Crippen LogP contribution in [-0.4, -0.2) is 86.4 Å². The van der Waals surface area contributed by atoms with Gasteiger partial charge in [-0.05, 0) is 56.7 Å². The van der Waals surface area contributed by atoms with E-state index in [0.29, 0.717) is 26.0 Å². The third-order valence-corrected chi connectivity index (χ3v) is 8.13. The Bertz CT molecular complexity index is 1130. The van der Waals surface area contributed by atoms with Crippen molar-refractivity contribution in [3.63, 3.8) is 0 Å². The highest BCUT2D eigenvalue weighted by Crippen LogP contribution is 2.18. The zero-order valence-corrected chi connectivity index (χ0v) is 29.3. The van der Waals surface area contributed by atoms with Gasteiger partial charge in [-0.1, -0.05) is 69.7 Å². The maximum atomic E-state index is 12.7. The van der Waals surface area contributed by atoms with Crippen LogP contribution in [0.25, 0.3) is 0 Å². The number of Topliss-reactive ketones (excluding diaryl/α,β-unsaturated/α-hetero) is 1. The van der Waals surface area contributed by atoms with Gasteiger partial charge in [-0.2, -0.15) is 0 Å². The van der Waals surface area contributed by atoms with E-state index in [4.69, 9.17) is 9.47 Å². The number of benzene rings is 1. The molecule has 1 aliphatic heterocycles. The first-order valence-electron chi connectivity index (χ1n) is 17.3. The minimum absolute atomic E-state index is 0.0828. The Morgan fingerprint density at radius 1 is 1.02 bits per heavy atom. The van der Waals surface area contributed by atoms with Crippen molar-refractivity contribution >= 4 is 29.9 Å². The third kappa shape index (κ3) is 17.2. The van der Waals surface area contributed by atoms with Gasteiger partial charge in [0.05, 0.1) is 19.3 Å². The van der Waals surface area contributed by atoms with Crippen molar-refractivity contribution in [3.8, 4) is 5.75 Å². The molecule has 1 aliphatic carbocycles. The summed E-state index contributed by atoms with van der Waals surface area (Å²) < 4.78 is 10.8. The Morgan fingerprint density at radius 2 is 1.71 bits per heavy atom. The topological polar surface area (TPSA) is 143 Å². The molecule has 3 N–H and O–H groups in total. The predicted octanol–water partition coefficient (Wildman–Crippen LogP) is 4.44. The number of piperidine rings is 1. The van der Waals surface area contributed by atoms with E-state index >= 15 is 0 Å². The van der Waals surface area contributed by atoms with E-state index in [-0.39, 0.29) is 31.5 Å². The average Bonchev–Trinajstić information content (AvgIpc) is 3.13. The van der Waals surface area contributed by atoms with Crippen molar-refractivity contribution in [2.24, 2.45) is 0 Å². The zero-order valence-electron chi connectivity index (χ0n) is 29.3. The van der Waals surface area contributed by atoms with Crippen molar-refractivity contribution in [2.45, 2.75) is 109 Å². The SMILES string of the molecule is C1CCCCC1.C=CCNC(=O)C(=O)C(CC=C)NC(=O)C1CCCCN1C(=O)CNC=O.CCc1cccc(OCCC(C)OC)c1. The van der Waals surface area contributed by atoms with Crippen molar-refractivity contribution < 1.29 is 33.4 Å². The number of carbonyl (C=O) groups is 5. The minimum atomic E-state index is -1.06. The van der Waals surface area contributed by atoms with Crippen LogP contribution in [-0.2, 0) is 35.1 Å². The number of ketones is 1. The lowest BCUT2D eigenvalue weighted by molar-refractivity contribution is -0.144. The quantitative estimate of drug-likeness (QED) is 0.126. The summed E-state index contributed by atoms with van der Waals surface area (Å²) in [4.78, 5) is 60.8. The molecule has 0 bridgehead atoms. The van der Waals surface area contributed by atoms with Gasteiger partial charge in [0.2, 0.25) is 24.0 Å². The van der Waals surface area contributed by atoms with Gasteiger partial charge < -0.3 is 30.3 Å². The van der Waals surface area contributed by atoms with E-state index in [9.17, 15) is 24.0 Å². The normalized spacial score (nSPS) is 16.6. The number of methoxy groups -OCH3 is 1. The molecule has 1 aromatic carbocycles. The molecule has 1 aromatic rings. The Morgan fingerprint density at radius 3 is 2.29 bits per heavy atom. The van der Waals surface area contributed by atoms with Gasteiger partial charge in [-0.25, -0.2) is 0 Å². The second kappa shape index (κ2) is 26.0. The Balaban J connectivity index is 0.000000452. The van der Waals surface area contributed by atoms with E-state index < -0.39 is 29.7 Å². The molecule has 0 radical (unpaired) electrons. The van der Waals surface area contributed by atoms with Crippen LogP contribution in [0.5, 0.6) is 5.75 Å². The number of likely N-dealkylation sites (tertiary alicyclic amines) is 1. The summed E-state index contributed by atoms with van der Waals surface area (Å²) in [5.41, 5.74) is 1.31. The van der Waals surface area contributed by atoms with Crippen LogP contribution in [0.2, 0.25) is 0 Å². The minimum Gasteiger partial charge on any atom is -0.493 e. The number of amides is 4. The molecule has 2 fully saturated rings. The maximum Gasteiger partial charge on any atom is 0.289 e. The Kier molecular flexibility index (Phi) is 22.8. The van der Waals surface area contributed by atoms with Crippen LogP contribution in [0, 0.1) is 0 Å². The van der Waals surface area contributed by atoms with E-state index in [1.807, 2.05) is 19.1 Å². The molecule has 1 saturated carbocycles. The lowest BCUT2D eigenvalue weighted by Crippen LogP contribution is -2.57. The van der Waals surface area contributed by atoms with Crippen LogP contribution < -0.4 is 20.7 Å². The fraction of sp³-hybridized carbons (Fsp3) is 0.595. The molecule has 268 valence electrons. The molecule has 2 aliphatic rings. The monoisotopic (exact) mass is 670 g/mol. The maximum absolute atomic E-state index is 12.7. The van der Waals surface area contributed by atoms with Crippen molar-refractivity contribution in [1.82, 2.24) is 20.9 Å². The molecule has 0 spiro atoms. The summed E-state index contributed by atoms with van der Waals surface area (Å²) in [5.74, 6) is -1.55. The lowest BCUT2D eigenvalue weighted by Gasteiger charge is -2.35. The third-order valence-electron chi connectivity index (χ3n) is 8.13. The number of nitrogens with zero attached hydrogens (tertiary/aromatic N) is 1. The van der Waals surface area contributed by atoms with Crippen LogP contribution in [0.3, 0.4) is 0 Å². The molecule has 11 heteroatoms. The summed E-state index contributed by atoms with van der Waals surface area (Å²) in [6, 6.07) is 6.43. The van der Waals surface area contributed by atoms with Crippen molar-refractivity contribution in [2.75, 3.05) is 33.4 Å². The average molecular weight is 671 g/mol. The second-order valence-corrected chi connectivity index (χ2v) is 11.9. The number of hydrogen-bond acceptors (Lipinski definition) is 7. The highest BCUT2D eigenvalue weighted by atomic mass is 16.5.